The summed E-state index contributed by atoms with van der Waals surface area (Å²) in [5.41, 5.74) is 6.49. The molecule has 4 N–H and O–H groups in total. The van der Waals surface area contributed by atoms with E-state index < -0.39 is 0 Å². The third kappa shape index (κ3) is 5.96. The van der Waals surface area contributed by atoms with Gasteiger partial charge in [0, 0.05) is 57.4 Å². The summed E-state index contributed by atoms with van der Waals surface area (Å²) in [6.07, 6.45) is 3.11. The predicted molar refractivity (Wildman–Crippen MR) is 105 cm³/mol. The first-order valence-electron chi connectivity index (χ1n) is 9.28. The van der Waals surface area contributed by atoms with Crippen LogP contribution in [0.15, 0.2) is 24.3 Å². The number of carbonyl (C=O) groups is 3. The van der Waals surface area contributed by atoms with Crippen molar-refractivity contribution < 1.29 is 14.4 Å². The molecule has 0 bridgehead atoms. The lowest BCUT2D eigenvalue weighted by Crippen LogP contribution is -2.49. The molecule has 8 heteroatoms. The fourth-order valence-corrected chi connectivity index (χ4v) is 3.06. The van der Waals surface area contributed by atoms with Gasteiger partial charge in [-0.2, -0.15) is 0 Å². The van der Waals surface area contributed by atoms with E-state index in [4.69, 9.17) is 5.73 Å². The van der Waals surface area contributed by atoms with E-state index in [0.717, 1.165) is 19.3 Å². The summed E-state index contributed by atoms with van der Waals surface area (Å²) in [6.45, 7) is 1.40. The van der Waals surface area contributed by atoms with Gasteiger partial charge in [-0.25, -0.2) is 4.79 Å². The van der Waals surface area contributed by atoms with Crippen LogP contribution in [0.4, 0.5) is 10.5 Å². The third-order valence-electron chi connectivity index (χ3n) is 4.56. The number of nitrogens with two attached hydrogens (primary N) is 1. The van der Waals surface area contributed by atoms with E-state index in [0.29, 0.717) is 30.9 Å². The summed E-state index contributed by atoms with van der Waals surface area (Å²) in [7, 11) is 3.31. The molecule has 1 aliphatic heterocycles. The summed E-state index contributed by atoms with van der Waals surface area (Å²) in [5, 5.41) is 5.62. The lowest BCUT2D eigenvalue weighted by Gasteiger charge is -2.36. The molecule has 0 radical (unpaired) electrons. The van der Waals surface area contributed by atoms with Crippen LogP contribution in [0.25, 0.3) is 0 Å². The first-order chi connectivity index (χ1) is 12.9. The van der Waals surface area contributed by atoms with Crippen molar-refractivity contribution in [2.75, 3.05) is 39.0 Å². The third-order valence-corrected chi connectivity index (χ3v) is 4.56. The van der Waals surface area contributed by atoms with Gasteiger partial charge in [0.2, 0.25) is 5.91 Å². The predicted octanol–water partition coefficient (Wildman–Crippen LogP) is 1.24. The molecule has 1 fully saturated rings. The van der Waals surface area contributed by atoms with Gasteiger partial charge in [0.1, 0.15) is 0 Å². The number of urea groups is 1. The van der Waals surface area contributed by atoms with Crippen molar-refractivity contribution >= 4 is 23.5 Å². The molecule has 1 atom stereocenters. The van der Waals surface area contributed by atoms with Crippen LogP contribution in [0.1, 0.15) is 36.0 Å². The Balaban J connectivity index is 2.07. The normalized spacial score (nSPS) is 16.6. The maximum absolute atomic E-state index is 13.0. The number of anilines is 1. The molecule has 0 saturated carbocycles. The molecule has 0 spiro atoms. The largest absolute Gasteiger partial charge is 0.354 e. The molecule has 1 saturated heterocycles. The molecule has 1 unspecified atom stereocenters. The highest BCUT2D eigenvalue weighted by Gasteiger charge is 2.27. The zero-order chi connectivity index (χ0) is 19.8. The monoisotopic (exact) mass is 375 g/mol. The van der Waals surface area contributed by atoms with Crippen LogP contribution < -0.4 is 16.4 Å². The van der Waals surface area contributed by atoms with Gasteiger partial charge in [0.25, 0.3) is 5.91 Å². The molecular weight excluding hydrogens is 346 g/mol. The molecule has 0 aromatic heterocycles. The van der Waals surface area contributed by atoms with Gasteiger partial charge in [-0.15, -0.1) is 0 Å². The summed E-state index contributed by atoms with van der Waals surface area (Å²) in [5.74, 6) is -0.183. The Morgan fingerprint density at radius 2 is 2.04 bits per heavy atom. The Labute approximate surface area is 160 Å². The molecular formula is C19H29N5O3. The molecule has 148 valence electrons. The molecule has 0 aliphatic carbocycles. The lowest BCUT2D eigenvalue weighted by atomic mass is 10.0. The van der Waals surface area contributed by atoms with Crippen LogP contribution in [-0.2, 0) is 4.79 Å². The Bertz CT molecular complexity index is 677. The van der Waals surface area contributed by atoms with Crippen molar-refractivity contribution in [3.05, 3.63) is 29.8 Å². The second kappa shape index (κ2) is 9.91. The zero-order valence-electron chi connectivity index (χ0n) is 16.0. The van der Waals surface area contributed by atoms with E-state index in [2.05, 4.69) is 10.6 Å². The molecule has 2 rings (SSSR count). The molecule has 1 aliphatic rings. The average Bonchev–Trinajstić information content (AvgIpc) is 2.66. The first kappa shape index (κ1) is 20.7. The number of benzene rings is 1. The maximum Gasteiger partial charge on any atom is 0.321 e. The van der Waals surface area contributed by atoms with Crippen LogP contribution in [-0.4, -0.2) is 67.4 Å². The average molecular weight is 375 g/mol. The van der Waals surface area contributed by atoms with E-state index >= 15 is 0 Å². The van der Waals surface area contributed by atoms with Gasteiger partial charge < -0.3 is 26.2 Å². The fraction of sp³-hybridized carbons (Fsp3) is 0.526. The number of nitrogens with one attached hydrogen (secondary N) is 2. The summed E-state index contributed by atoms with van der Waals surface area (Å²) in [6, 6.07) is 6.64. The maximum atomic E-state index is 13.0. The molecule has 1 aromatic carbocycles. The van der Waals surface area contributed by atoms with Gasteiger partial charge >= 0.3 is 6.03 Å². The second-order valence-corrected chi connectivity index (χ2v) is 6.90. The smallest absolute Gasteiger partial charge is 0.321 e. The number of rotatable bonds is 6. The zero-order valence-corrected chi connectivity index (χ0v) is 16.0. The molecule has 4 amide bonds. The van der Waals surface area contributed by atoms with Gasteiger partial charge in [0.05, 0.1) is 0 Å². The van der Waals surface area contributed by atoms with Crippen LogP contribution in [0.3, 0.4) is 0 Å². The number of piperidine rings is 1. The van der Waals surface area contributed by atoms with Crippen molar-refractivity contribution in [2.24, 2.45) is 5.73 Å². The highest BCUT2D eigenvalue weighted by molar-refractivity contribution is 5.97. The minimum atomic E-state index is -0.252. The summed E-state index contributed by atoms with van der Waals surface area (Å²) in [4.78, 5) is 39.8. The van der Waals surface area contributed by atoms with Crippen LogP contribution in [0, 0.1) is 0 Å². The number of carbonyl (C=O) groups excluding carboxylic acids is 3. The van der Waals surface area contributed by atoms with Crippen LogP contribution >= 0.6 is 0 Å². The first-order valence-corrected chi connectivity index (χ1v) is 9.28. The Morgan fingerprint density at radius 3 is 2.74 bits per heavy atom. The molecule has 8 nitrogen and oxygen atoms in total. The highest BCUT2D eigenvalue weighted by atomic mass is 16.2. The Morgan fingerprint density at radius 1 is 1.26 bits per heavy atom. The standard InChI is InChI=1S/C19H29N5O3/c1-23(2)19(27)22-15-7-5-6-14(12-15)18(26)24-11-4-3-8-16(24)13-21-17(25)9-10-20/h5-7,12,16H,3-4,8-11,13,20H2,1-2H3,(H,21,25)(H,22,27). The van der Waals surface area contributed by atoms with Gasteiger partial charge in [0.15, 0.2) is 0 Å². The molecule has 1 aromatic rings. The van der Waals surface area contributed by atoms with Crippen LogP contribution in [0.2, 0.25) is 0 Å². The van der Waals surface area contributed by atoms with E-state index in [-0.39, 0.29) is 30.3 Å². The Kier molecular flexibility index (Phi) is 7.60. The minimum absolute atomic E-state index is 0.0343. The summed E-state index contributed by atoms with van der Waals surface area (Å²) >= 11 is 0. The highest BCUT2D eigenvalue weighted by Crippen LogP contribution is 2.21. The van der Waals surface area contributed by atoms with Gasteiger partial charge in [-0.3, -0.25) is 9.59 Å². The number of hydrogen-bond acceptors (Lipinski definition) is 4. The van der Waals surface area contributed by atoms with Crippen molar-refractivity contribution in [2.45, 2.75) is 31.7 Å². The van der Waals surface area contributed by atoms with Crippen molar-refractivity contribution in [3.8, 4) is 0 Å². The van der Waals surface area contributed by atoms with E-state index in [1.54, 1.807) is 38.4 Å². The van der Waals surface area contributed by atoms with Crippen LogP contribution in [0.5, 0.6) is 0 Å². The lowest BCUT2D eigenvalue weighted by molar-refractivity contribution is -0.121. The number of hydrogen-bond donors (Lipinski definition) is 3. The number of likely N-dealkylation sites (tertiary alicyclic amines) is 1. The molecule has 1 heterocycles. The summed E-state index contributed by atoms with van der Waals surface area (Å²) < 4.78 is 0. The van der Waals surface area contributed by atoms with Gasteiger partial charge in [-0.05, 0) is 37.5 Å². The van der Waals surface area contributed by atoms with E-state index in [1.165, 1.54) is 4.90 Å². The van der Waals surface area contributed by atoms with Crippen molar-refractivity contribution in [3.63, 3.8) is 0 Å². The quantitative estimate of drug-likeness (QED) is 0.695. The van der Waals surface area contributed by atoms with Crippen molar-refractivity contribution in [1.82, 2.24) is 15.1 Å². The van der Waals surface area contributed by atoms with E-state index in [9.17, 15) is 14.4 Å². The second-order valence-electron chi connectivity index (χ2n) is 6.90. The van der Waals surface area contributed by atoms with E-state index in [1.807, 2.05) is 4.90 Å². The van der Waals surface area contributed by atoms with Crippen molar-refractivity contribution in [1.29, 1.82) is 0 Å². The topological polar surface area (TPSA) is 108 Å². The van der Waals surface area contributed by atoms with Gasteiger partial charge in [-0.1, -0.05) is 6.07 Å². The number of amides is 4. The molecule has 27 heavy (non-hydrogen) atoms. The fourth-order valence-electron chi connectivity index (χ4n) is 3.06. The SMILES string of the molecule is CN(C)C(=O)Nc1cccc(C(=O)N2CCCCC2CNC(=O)CCN)c1. The Hall–Kier alpha value is -2.61. The minimum Gasteiger partial charge on any atom is -0.354 e. The number of nitrogens with zero attached hydrogens (tertiary/aromatic N) is 2.